The number of aryl methyl sites for hydroxylation is 1. The number of thioether (sulfide) groups is 1. The Kier molecular flexibility index (Phi) is 7.50. The number of halogens is 2. The molecule has 0 unspecified atom stereocenters. The zero-order chi connectivity index (χ0) is 23.5. The van der Waals surface area contributed by atoms with Crippen LogP contribution in [0.25, 0.3) is 17.1 Å². The molecule has 9 heteroatoms. The van der Waals surface area contributed by atoms with Crippen LogP contribution in [0.3, 0.4) is 0 Å². The molecular formula is C23H23Cl2N5OS. The monoisotopic (exact) mass is 487 g/mol. The highest BCUT2D eigenvalue weighted by Crippen LogP contribution is 2.30. The van der Waals surface area contributed by atoms with Crippen LogP contribution >= 0.6 is 35.0 Å². The third kappa shape index (κ3) is 5.26. The number of carbonyl (C=O) groups excluding carboxylic acids is 1. The number of hydrogen-bond acceptors (Lipinski definition) is 5. The molecule has 1 amide bonds. The Morgan fingerprint density at radius 1 is 1.22 bits per heavy atom. The topological polar surface area (TPSA) is 83.6 Å². The van der Waals surface area contributed by atoms with Crippen LogP contribution in [-0.2, 0) is 4.79 Å². The molecule has 0 aliphatic rings. The number of aromatic nitrogens is 3. The van der Waals surface area contributed by atoms with Crippen molar-refractivity contribution in [1.82, 2.24) is 20.1 Å². The summed E-state index contributed by atoms with van der Waals surface area (Å²) in [5, 5.41) is 22.7. The van der Waals surface area contributed by atoms with Gasteiger partial charge in [0.1, 0.15) is 5.54 Å². The molecule has 0 bridgehead atoms. The van der Waals surface area contributed by atoms with Gasteiger partial charge in [-0.3, -0.25) is 9.36 Å². The molecule has 166 valence electrons. The van der Waals surface area contributed by atoms with Crippen LogP contribution in [0.4, 0.5) is 0 Å². The van der Waals surface area contributed by atoms with Crippen LogP contribution in [0.1, 0.15) is 26.3 Å². The normalized spacial score (nSPS) is 12.9. The number of amides is 1. The summed E-state index contributed by atoms with van der Waals surface area (Å²) in [6.45, 7) is 7.44. The van der Waals surface area contributed by atoms with E-state index in [-0.39, 0.29) is 17.6 Å². The average Bonchev–Trinajstić information content (AvgIpc) is 3.18. The largest absolute Gasteiger partial charge is 0.337 e. The molecule has 0 aliphatic carbocycles. The number of hydrogen-bond donors (Lipinski definition) is 1. The van der Waals surface area contributed by atoms with Gasteiger partial charge in [-0.1, -0.05) is 54.9 Å². The summed E-state index contributed by atoms with van der Waals surface area (Å²) in [5.74, 6) is 0.407. The Balaban J connectivity index is 1.94. The smallest absolute Gasteiger partial charge is 0.231 e. The summed E-state index contributed by atoms with van der Waals surface area (Å²) in [5.41, 5.74) is 1.62. The second-order valence-corrected chi connectivity index (χ2v) is 9.67. The molecule has 1 aromatic heterocycles. The van der Waals surface area contributed by atoms with Gasteiger partial charge in [0.15, 0.2) is 11.0 Å². The molecule has 3 aromatic rings. The van der Waals surface area contributed by atoms with E-state index in [9.17, 15) is 10.1 Å². The second-order valence-electron chi connectivity index (χ2n) is 7.89. The first-order valence-corrected chi connectivity index (χ1v) is 11.7. The van der Waals surface area contributed by atoms with Crippen molar-refractivity contribution in [2.24, 2.45) is 5.92 Å². The van der Waals surface area contributed by atoms with Crippen molar-refractivity contribution >= 4 is 40.9 Å². The number of nitrogens with zero attached hydrogens (tertiary/aromatic N) is 4. The van der Waals surface area contributed by atoms with Gasteiger partial charge in [0.2, 0.25) is 5.91 Å². The highest BCUT2D eigenvalue weighted by molar-refractivity contribution is 7.99. The Bertz CT molecular complexity index is 1170. The minimum atomic E-state index is -0.940. The molecule has 0 radical (unpaired) electrons. The molecule has 2 aromatic carbocycles. The van der Waals surface area contributed by atoms with Crippen LogP contribution in [-0.4, -0.2) is 32.0 Å². The maximum Gasteiger partial charge on any atom is 0.231 e. The van der Waals surface area contributed by atoms with Crippen molar-refractivity contribution in [3.05, 3.63) is 58.1 Å². The first-order chi connectivity index (χ1) is 15.1. The van der Waals surface area contributed by atoms with Crippen molar-refractivity contribution in [3.63, 3.8) is 0 Å². The molecule has 1 heterocycles. The molecule has 1 atom stereocenters. The first kappa shape index (κ1) is 24.1. The van der Waals surface area contributed by atoms with E-state index in [1.54, 1.807) is 19.1 Å². The van der Waals surface area contributed by atoms with Crippen LogP contribution in [0.2, 0.25) is 10.0 Å². The number of carbonyl (C=O) groups is 1. The Morgan fingerprint density at radius 2 is 1.91 bits per heavy atom. The number of benzene rings is 2. The van der Waals surface area contributed by atoms with Gasteiger partial charge in [0, 0.05) is 15.6 Å². The first-order valence-electron chi connectivity index (χ1n) is 9.97. The maximum absolute atomic E-state index is 12.6. The molecule has 0 aliphatic heterocycles. The Hall–Kier alpha value is -2.53. The van der Waals surface area contributed by atoms with E-state index < -0.39 is 5.54 Å². The van der Waals surface area contributed by atoms with E-state index in [0.717, 1.165) is 16.8 Å². The Morgan fingerprint density at radius 3 is 2.50 bits per heavy atom. The van der Waals surface area contributed by atoms with Gasteiger partial charge >= 0.3 is 0 Å². The summed E-state index contributed by atoms with van der Waals surface area (Å²) in [7, 11) is 0. The van der Waals surface area contributed by atoms with Gasteiger partial charge < -0.3 is 5.32 Å². The molecule has 6 nitrogen and oxygen atoms in total. The fourth-order valence-corrected chi connectivity index (χ4v) is 3.91. The lowest BCUT2D eigenvalue weighted by atomic mass is 9.90. The molecule has 0 fully saturated rings. The molecule has 32 heavy (non-hydrogen) atoms. The summed E-state index contributed by atoms with van der Waals surface area (Å²) >= 11 is 13.7. The van der Waals surface area contributed by atoms with Crippen molar-refractivity contribution in [2.45, 2.75) is 38.4 Å². The number of rotatable bonds is 7. The minimum absolute atomic E-state index is 0.0312. The van der Waals surface area contributed by atoms with Gasteiger partial charge in [0.25, 0.3) is 0 Å². The van der Waals surface area contributed by atoms with Gasteiger partial charge in [-0.15, -0.1) is 10.2 Å². The van der Waals surface area contributed by atoms with Gasteiger partial charge in [-0.25, -0.2) is 0 Å². The summed E-state index contributed by atoms with van der Waals surface area (Å²) in [6.07, 6.45) is 0. The third-order valence-electron chi connectivity index (χ3n) is 5.27. The van der Waals surface area contributed by atoms with Crippen molar-refractivity contribution in [1.29, 1.82) is 5.26 Å². The fraction of sp³-hybridized carbons (Fsp3) is 0.304. The predicted octanol–water partition coefficient (Wildman–Crippen LogP) is 5.70. The summed E-state index contributed by atoms with van der Waals surface area (Å²) < 4.78 is 1.86. The molecule has 0 saturated carbocycles. The highest BCUT2D eigenvalue weighted by atomic mass is 35.5. The van der Waals surface area contributed by atoms with Gasteiger partial charge in [-0.2, -0.15) is 5.26 Å². The molecule has 3 rings (SSSR count). The van der Waals surface area contributed by atoms with E-state index in [1.165, 1.54) is 11.8 Å². The molecular weight excluding hydrogens is 465 g/mol. The predicted molar refractivity (Wildman–Crippen MR) is 129 cm³/mol. The summed E-state index contributed by atoms with van der Waals surface area (Å²) in [6, 6.07) is 15.2. The van der Waals surface area contributed by atoms with E-state index >= 15 is 0 Å². The minimum Gasteiger partial charge on any atom is -0.337 e. The lowest BCUT2D eigenvalue weighted by Gasteiger charge is -2.27. The maximum atomic E-state index is 12.6. The zero-order valence-corrected chi connectivity index (χ0v) is 20.5. The van der Waals surface area contributed by atoms with E-state index in [0.29, 0.717) is 21.0 Å². The molecule has 0 saturated heterocycles. The van der Waals surface area contributed by atoms with Crippen LogP contribution in [0.5, 0.6) is 0 Å². The van der Waals surface area contributed by atoms with Crippen LogP contribution < -0.4 is 5.32 Å². The van der Waals surface area contributed by atoms with Crippen molar-refractivity contribution in [2.75, 3.05) is 5.75 Å². The van der Waals surface area contributed by atoms with Crippen LogP contribution in [0, 0.1) is 24.2 Å². The standard InChI is InChI=1S/C23H23Cl2N5OS/c1-14(2)23(4,13-26)27-20(31)12-32-22-29-28-21(16-6-8-17(24)9-7-16)30(22)18-10-5-15(3)19(25)11-18/h5-11,14H,12H2,1-4H3,(H,27,31)/t23-/m0/s1. The molecule has 0 spiro atoms. The average molecular weight is 488 g/mol. The number of nitrogens with one attached hydrogen (secondary N) is 1. The van der Waals surface area contributed by atoms with Crippen LogP contribution in [0.15, 0.2) is 47.6 Å². The lowest BCUT2D eigenvalue weighted by molar-refractivity contribution is -0.120. The third-order valence-corrected chi connectivity index (χ3v) is 6.86. The van der Waals surface area contributed by atoms with E-state index in [4.69, 9.17) is 23.2 Å². The Labute approximate surface area is 201 Å². The van der Waals surface area contributed by atoms with E-state index in [2.05, 4.69) is 21.6 Å². The van der Waals surface area contributed by atoms with Gasteiger partial charge in [0.05, 0.1) is 17.5 Å². The van der Waals surface area contributed by atoms with Crippen molar-refractivity contribution < 1.29 is 4.79 Å². The SMILES string of the molecule is Cc1ccc(-n2c(SCC(=O)N[C@@](C)(C#N)C(C)C)nnc2-c2ccc(Cl)cc2)cc1Cl. The molecule has 1 N–H and O–H groups in total. The second kappa shape index (κ2) is 9.95. The van der Waals surface area contributed by atoms with E-state index in [1.807, 2.05) is 55.7 Å². The summed E-state index contributed by atoms with van der Waals surface area (Å²) in [4.78, 5) is 12.6. The fourth-order valence-electron chi connectivity index (χ4n) is 2.86. The van der Waals surface area contributed by atoms with Gasteiger partial charge in [-0.05, 0) is 61.7 Å². The quantitative estimate of drug-likeness (QED) is 0.432. The highest BCUT2D eigenvalue weighted by Gasteiger charge is 2.30. The lowest BCUT2D eigenvalue weighted by Crippen LogP contribution is -2.49. The van der Waals surface area contributed by atoms with Crippen molar-refractivity contribution in [3.8, 4) is 23.1 Å². The number of nitriles is 1. The zero-order valence-electron chi connectivity index (χ0n) is 18.2.